The summed E-state index contributed by atoms with van der Waals surface area (Å²) >= 11 is 0. The SMILES string of the molecule is CS(=O)(=O)CCC(=O)Nc1cc(F)ccc1N. The Labute approximate surface area is 98.7 Å². The zero-order chi connectivity index (χ0) is 13.1. The third-order valence-electron chi connectivity index (χ3n) is 1.99. The molecule has 3 N–H and O–H groups in total. The molecule has 0 aliphatic heterocycles. The number of hydrogen-bond donors (Lipinski definition) is 2. The van der Waals surface area contributed by atoms with Gasteiger partial charge in [-0.05, 0) is 18.2 Å². The van der Waals surface area contributed by atoms with Gasteiger partial charge >= 0.3 is 0 Å². The first-order valence-corrected chi connectivity index (χ1v) is 6.86. The van der Waals surface area contributed by atoms with Gasteiger partial charge in [-0.2, -0.15) is 0 Å². The summed E-state index contributed by atoms with van der Waals surface area (Å²) in [6, 6.07) is 3.57. The fourth-order valence-electron chi connectivity index (χ4n) is 1.13. The highest BCUT2D eigenvalue weighted by molar-refractivity contribution is 7.90. The van der Waals surface area contributed by atoms with E-state index in [2.05, 4.69) is 5.32 Å². The van der Waals surface area contributed by atoms with Crippen LogP contribution in [0.15, 0.2) is 18.2 Å². The Morgan fingerprint density at radius 3 is 2.71 bits per heavy atom. The Hall–Kier alpha value is -1.63. The van der Waals surface area contributed by atoms with Crippen LogP contribution in [0.25, 0.3) is 0 Å². The molecule has 7 heteroatoms. The molecule has 0 aliphatic rings. The number of hydrogen-bond acceptors (Lipinski definition) is 4. The van der Waals surface area contributed by atoms with Gasteiger partial charge in [-0.25, -0.2) is 12.8 Å². The number of rotatable bonds is 4. The van der Waals surface area contributed by atoms with E-state index >= 15 is 0 Å². The quantitative estimate of drug-likeness (QED) is 0.783. The lowest BCUT2D eigenvalue weighted by Gasteiger charge is -2.07. The third kappa shape index (κ3) is 4.81. The van der Waals surface area contributed by atoms with Crippen LogP contribution in [0.5, 0.6) is 0 Å². The lowest BCUT2D eigenvalue weighted by atomic mass is 10.2. The second-order valence-corrected chi connectivity index (χ2v) is 5.92. The molecule has 0 aliphatic carbocycles. The molecule has 0 aromatic heterocycles. The van der Waals surface area contributed by atoms with E-state index in [1.807, 2.05) is 0 Å². The molecule has 0 unspecified atom stereocenters. The molecular formula is C10H13FN2O3S. The van der Waals surface area contributed by atoms with Gasteiger partial charge in [0, 0.05) is 12.7 Å². The summed E-state index contributed by atoms with van der Waals surface area (Å²) in [5, 5.41) is 2.36. The first-order valence-electron chi connectivity index (χ1n) is 4.80. The maximum Gasteiger partial charge on any atom is 0.225 e. The average molecular weight is 260 g/mol. The van der Waals surface area contributed by atoms with E-state index in [9.17, 15) is 17.6 Å². The molecule has 5 nitrogen and oxygen atoms in total. The Morgan fingerprint density at radius 1 is 1.47 bits per heavy atom. The van der Waals surface area contributed by atoms with Crippen molar-refractivity contribution in [2.24, 2.45) is 0 Å². The van der Waals surface area contributed by atoms with Crippen LogP contribution in [0, 0.1) is 5.82 Å². The third-order valence-corrected chi connectivity index (χ3v) is 2.94. The maximum atomic E-state index is 12.9. The highest BCUT2D eigenvalue weighted by atomic mass is 32.2. The minimum Gasteiger partial charge on any atom is -0.397 e. The van der Waals surface area contributed by atoms with Crippen LogP contribution in [-0.2, 0) is 14.6 Å². The van der Waals surface area contributed by atoms with Crippen LogP contribution in [0.1, 0.15) is 6.42 Å². The van der Waals surface area contributed by atoms with Gasteiger partial charge in [0.15, 0.2) is 0 Å². The van der Waals surface area contributed by atoms with E-state index < -0.39 is 21.6 Å². The van der Waals surface area contributed by atoms with Gasteiger partial charge in [0.1, 0.15) is 15.7 Å². The van der Waals surface area contributed by atoms with Crippen LogP contribution in [0.3, 0.4) is 0 Å². The summed E-state index contributed by atoms with van der Waals surface area (Å²) in [5.74, 6) is -1.31. The van der Waals surface area contributed by atoms with Crippen molar-refractivity contribution < 1.29 is 17.6 Å². The van der Waals surface area contributed by atoms with Crippen LogP contribution in [0.2, 0.25) is 0 Å². The first-order chi connectivity index (χ1) is 7.78. The molecule has 0 heterocycles. The molecule has 1 aromatic rings. The predicted octanol–water partition coefficient (Wildman–Crippen LogP) is 0.781. The van der Waals surface area contributed by atoms with Crippen molar-refractivity contribution in [2.75, 3.05) is 23.1 Å². The number of halogens is 1. The Kier molecular flexibility index (Phi) is 4.06. The highest BCUT2D eigenvalue weighted by Crippen LogP contribution is 2.19. The summed E-state index contributed by atoms with van der Waals surface area (Å²) in [7, 11) is -3.20. The second kappa shape index (κ2) is 5.13. The average Bonchev–Trinajstić information content (AvgIpc) is 2.20. The standard InChI is InChI=1S/C10H13FN2O3S/c1-17(15,16)5-4-10(14)13-9-6-7(11)2-3-8(9)12/h2-3,6H,4-5,12H2,1H3,(H,13,14). The number of anilines is 2. The zero-order valence-corrected chi connectivity index (χ0v) is 10.1. The van der Waals surface area contributed by atoms with E-state index in [4.69, 9.17) is 5.73 Å². The van der Waals surface area contributed by atoms with E-state index in [0.29, 0.717) is 0 Å². The summed E-state index contributed by atoms with van der Waals surface area (Å²) in [4.78, 5) is 11.4. The summed E-state index contributed by atoms with van der Waals surface area (Å²) in [6.45, 7) is 0. The number of nitrogens with two attached hydrogens (primary N) is 1. The molecule has 0 spiro atoms. The minimum absolute atomic E-state index is 0.142. The zero-order valence-electron chi connectivity index (χ0n) is 9.23. The monoisotopic (exact) mass is 260 g/mol. The second-order valence-electron chi connectivity index (χ2n) is 3.66. The van der Waals surface area contributed by atoms with Crippen molar-refractivity contribution in [3.63, 3.8) is 0 Å². The number of amides is 1. The molecule has 1 rings (SSSR count). The van der Waals surface area contributed by atoms with Gasteiger partial charge in [0.2, 0.25) is 5.91 Å². The molecule has 0 saturated carbocycles. The number of benzene rings is 1. The largest absolute Gasteiger partial charge is 0.397 e. The molecule has 0 atom stereocenters. The molecule has 0 radical (unpaired) electrons. The summed E-state index contributed by atoms with van der Waals surface area (Å²) < 4.78 is 34.6. The molecule has 1 amide bonds. The lowest BCUT2D eigenvalue weighted by molar-refractivity contribution is -0.115. The van der Waals surface area contributed by atoms with Crippen LogP contribution in [0.4, 0.5) is 15.8 Å². The number of carbonyl (C=O) groups excluding carboxylic acids is 1. The fourth-order valence-corrected chi connectivity index (χ4v) is 1.68. The Morgan fingerprint density at radius 2 is 2.12 bits per heavy atom. The van der Waals surface area contributed by atoms with Gasteiger partial charge in [0.05, 0.1) is 17.1 Å². The lowest BCUT2D eigenvalue weighted by Crippen LogP contribution is -2.17. The van der Waals surface area contributed by atoms with Crippen LogP contribution < -0.4 is 11.1 Å². The van der Waals surface area contributed by atoms with Gasteiger partial charge in [0.25, 0.3) is 0 Å². The van der Waals surface area contributed by atoms with Gasteiger partial charge < -0.3 is 11.1 Å². The van der Waals surface area contributed by atoms with E-state index in [-0.39, 0.29) is 23.5 Å². The summed E-state index contributed by atoms with van der Waals surface area (Å²) in [6.07, 6.45) is 0.853. The number of sulfone groups is 1. The minimum atomic E-state index is -3.20. The van der Waals surface area contributed by atoms with Crippen LogP contribution in [-0.4, -0.2) is 26.3 Å². The number of nitrogen functional groups attached to an aromatic ring is 1. The molecule has 0 bridgehead atoms. The van der Waals surface area contributed by atoms with Crippen molar-refractivity contribution >= 4 is 27.1 Å². The molecule has 17 heavy (non-hydrogen) atoms. The van der Waals surface area contributed by atoms with Crippen molar-refractivity contribution in [1.82, 2.24) is 0 Å². The number of nitrogens with one attached hydrogen (secondary N) is 1. The van der Waals surface area contributed by atoms with Gasteiger partial charge in [-0.3, -0.25) is 4.79 Å². The molecular weight excluding hydrogens is 247 g/mol. The van der Waals surface area contributed by atoms with Gasteiger partial charge in [-0.15, -0.1) is 0 Å². The van der Waals surface area contributed by atoms with E-state index in [1.165, 1.54) is 12.1 Å². The number of carbonyl (C=O) groups is 1. The molecule has 0 fully saturated rings. The van der Waals surface area contributed by atoms with E-state index in [1.54, 1.807) is 0 Å². The van der Waals surface area contributed by atoms with Crippen molar-refractivity contribution in [1.29, 1.82) is 0 Å². The van der Waals surface area contributed by atoms with Crippen LogP contribution >= 0.6 is 0 Å². The topological polar surface area (TPSA) is 89.3 Å². The maximum absolute atomic E-state index is 12.9. The Balaban J connectivity index is 2.65. The predicted molar refractivity (Wildman–Crippen MR) is 63.8 cm³/mol. The van der Waals surface area contributed by atoms with Crippen molar-refractivity contribution in [3.05, 3.63) is 24.0 Å². The molecule has 94 valence electrons. The molecule has 1 aromatic carbocycles. The first kappa shape index (κ1) is 13.4. The highest BCUT2D eigenvalue weighted by Gasteiger charge is 2.10. The van der Waals surface area contributed by atoms with Crippen molar-refractivity contribution in [3.8, 4) is 0 Å². The van der Waals surface area contributed by atoms with Crippen molar-refractivity contribution in [2.45, 2.75) is 6.42 Å². The fraction of sp³-hybridized carbons (Fsp3) is 0.300. The summed E-state index contributed by atoms with van der Waals surface area (Å²) in [5.41, 5.74) is 5.88. The smallest absolute Gasteiger partial charge is 0.225 e. The van der Waals surface area contributed by atoms with E-state index in [0.717, 1.165) is 12.3 Å². The van der Waals surface area contributed by atoms with Gasteiger partial charge in [-0.1, -0.05) is 0 Å². The molecule has 0 saturated heterocycles. The normalized spacial score (nSPS) is 11.2. The Bertz CT molecular complexity index is 528.